The topological polar surface area (TPSA) is 218 Å². The highest BCUT2D eigenvalue weighted by molar-refractivity contribution is 5.98. The van der Waals surface area contributed by atoms with Crippen LogP contribution in [-0.2, 0) is 25.5 Å². The van der Waals surface area contributed by atoms with Crippen molar-refractivity contribution in [1.82, 2.24) is 41.9 Å². The number of aryl methyl sites for hydroxylation is 1. The number of nitrogens with zero attached hydrogens (tertiary/aromatic N) is 3. The molecule has 16 nitrogen and oxygen atoms in total. The molecule has 1 heterocycles. The number of hydrogen-bond acceptors (Lipinski definition) is 10. The van der Waals surface area contributed by atoms with Gasteiger partial charge in [-0.05, 0) is 170 Å². The summed E-state index contributed by atoms with van der Waals surface area (Å²) >= 11 is 0. The molecule has 0 aliphatic heterocycles. The maximum absolute atomic E-state index is 13.9. The first-order valence-corrected chi connectivity index (χ1v) is 22.3. The Balaban J connectivity index is 1.06. The zero-order valence-corrected chi connectivity index (χ0v) is 38.0. The monoisotopic (exact) mass is 877 g/mol. The summed E-state index contributed by atoms with van der Waals surface area (Å²) in [5, 5.41) is 29.1. The molecule has 0 saturated heterocycles. The summed E-state index contributed by atoms with van der Waals surface area (Å²) in [4.78, 5) is 65.4. The molecule has 2 aliphatic carbocycles. The minimum absolute atomic E-state index is 0.0181. The minimum atomic E-state index is -0.863. The first-order chi connectivity index (χ1) is 30.4. The summed E-state index contributed by atoms with van der Waals surface area (Å²) in [6.07, 6.45) is 5.23. The molecule has 0 radical (unpaired) electrons. The highest BCUT2D eigenvalue weighted by Crippen LogP contribution is 2.30. The van der Waals surface area contributed by atoms with Crippen LogP contribution in [0.2, 0.25) is 0 Å². The zero-order chi connectivity index (χ0) is 46.0. The van der Waals surface area contributed by atoms with Gasteiger partial charge in [-0.2, -0.15) is 5.21 Å². The third-order valence-corrected chi connectivity index (χ3v) is 11.5. The predicted octanol–water partition coefficient (Wildman–Crippen LogP) is 7.40. The van der Waals surface area contributed by atoms with Crippen LogP contribution in [0.1, 0.15) is 114 Å². The van der Waals surface area contributed by atoms with E-state index in [9.17, 15) is 24.0 Å². The first-order valence-electron chi connectivity index (χ1n) is 22.3. The lowest BCUT2D eigenvalue weighted by Crippen LogP contribution is -2.48. The normalized spacial score (nSPS) is 19.4. The number of tetrazole rings is 1. The van der Waals surface area contributed by atoms with Crippen LogP contribution >= 0.6 is 0 Å². The van der Waals surface area contributed by atoms with Gasteiger partial charge in [0.1, 0.15) is 17.2 Å². The van der Waals surface area contributed by atoms with E-state index in [1.807, 2.05) is 90.9 Å². The van der Waals surface area contributed by atoms with Gasteiger partial charge in [0, 0.05) is 47.8 Å². The Hall–Kier alpha value is -6.32. The van der Waals surface area contributed by atoms with Crippen molar-refractivity contribution in [1.29, 1.82) is 0 Å². The number of aromatic amines is 1. The number of anilines is 1. The average Bonchev–Trinajstić information content (AvgIpc) is 3.78. The van der Waals surface area contributed by atoms with E-state index in [1.165, 1.54) is 0 Å². The molecule has 1 atom stereocenters. The number of benzene rings is 3. The molecule has 2 fully saturated rings. The van der Waals surface area contributed by atoms with Gasteiger partial charge in [0.05, 0.1) is 0 Å². The quantitative estimate of drug-likeness (QED) is 0.0782. The van der Waals surface area contributed by atoms with Crippen LogP contribution in [0.15, 0.2) is 66.7 Å². The van der Waals surface area contributed by atoms with Gasteiger partial charge < -0.3 is 36.1 Å². The maximum Gasteiger partial charge on any atom is 0.407 e. The van der Waals surface area contributed by atoms with E-state index < -0.39 is 29.4 Å². The highest BCUT2D eigenvalue weighted by atomic mass is 16.6. The van der Waals surface area contributed by atoms with Crippen molar-refractivity contribution in [2.45, 2.75) is 136 Å². The summed E-state index contributed by atoms with van der Waals surface area (Å²) in [6, 6.07) is 19.8. The van der Waals surface area contributed by atoms with Crippen LogP contribution in [0.3, 0.4) is 0 Å². The molecular formula is C48H63N9O7. The SMILES string of the molecule is Cc1cc(C(=O)NC2CCC(NC(=O)OC(C)(C)C)CC2)ccc1-c1ccc(CC(NC(=O)C2CCC(CNC(=O)OC(C)(C)C)CC2)C(=O)Nc2ccc(-c3nn[nH]n3)cc2)cc1. The van der Waals surface area contributed by atoms with Gasteiger partial charge in [-0.1, -0.05) is 30.3 Å². The Kier molecular flexibility index (Phi) is 15.4. The molecule has 2 aliphatic rings. The number of H-pyrrole nitrogens is 1. The average molecular weight is 878 g/mol. The molecule has 342 valence electrons. The van der Waals surface area contributed by atoms with Crippen LogP contribution in [-0.4, -0.2) is 86.4 Å². The molecule has 3 aromatic carbocycles. The molecule has 4 aromatic rings. The molecule has 16 heteroatoms. The number of alkyl carbamates (subject to hydrolysis) is 2. The number of amides is 5. The second kappa shape index (κ2) is 20.9. The lowest BCUT2D eigenvalue weighted by atomic mass is 9.81. The third kappa shape index (κ3) is 14.1. The smallest absolute Gasteiger partial charge is 0.407 e. The molecular weight excluding hydrogens is 815 g/mol. The standard InChI is InChI=1S/C48H63N9O7/c1-29-26-35(43(59)50-37-21-23-38(24-22-37)52-46(62)64-48(5,6)7)18-25-39(29)32-12-8-30(9-13-32)27-40(44(60)51-36-19-16-33(17-20-36)41-54-56-57-55-41)53-42(58)34-14-10-31(11-15-34)28-49-45(61)63-47(2,3)4/h8-9,12-13,16-20,25-26,31,34,37-38,40H,10-11,14-15,21-24,27-28H2,1-7H3,(H,49,61)(H,50,59)(H,51,60)(H,52,62)(H,53,58)(H,54,55,56,57). The van der Waals surface area contributed by atoms with Gasteiger partial charge in [0.2, 0.25) is 17.6 Å². The van der Waals surface area contributed by atoms with Crippen molar-refractivity contribution in [2.75, 3.05) is 11.9 Å². The van der Waals surface area contributed by atoms with Gasteiger partial charge >= 0.3 is 12.2 Å². The maximum atomic E-state index is 13.9. The zero-order valence-electron chi connectivity index (χ0n) is 38.0. The minimum Gasteiger partial charge on any atom is -0.444 e. The summed E-state index contributed by atoms with van der Waals surface area (Å²) in [6.45, 7) is 13.4. The predicted molar refractivity (Wildman–Crippen MR) is 243 cm³/mol. The highest BCUT2D eigenvalue weighted by Gasteiger charge is 2.31. The molecule has 1 aromatic heterocycles. The Labute approximate surface area is 375 Å². The summed E-state index contributed by atoms with van der Waals surface area (Å²) in [5.74, 6) is -0.263. The fourth-order valence-electron chi connectivity index (χ4n) is 8.20. The van der Waals surface area contributed by atoms with E-state index in [4.69, 9.17) is 9.47 Å². The number of ether oxygens (including phenoxy) is 2. The van der Waals surface area contributed by atoms with Crippen molar-refractivity contribution in [3.8, 4) is 22.5 Å². The number of hydrogen-bond donors (Lipinski definition) is 6. The Morgan fingerprint density at radius 3 is 1.94 bits per heavy atom. The number of rotatable bonds is 13. The van der Waals surface area contributed by atoms with Crippen molar-refractivity contribution in [3.05, 3.63) is 83.4 Å². The van der Waals surface area contributed by atoms with Crippen LogP contribution < -0.4 is 26.6 Å². The van der Waals surface area contributed by atoms with E-state index in [-0.39, 0.29) is 48.1 Å². The van der Waals surface area contributed by atoms with Gasteiger partial charge in [-0.15, -0.1) is 10.2 Å². The van der Waals surface area contributed by atoms with Crippen molar-refractivity contribution < 1.29 is 33.4 Å². The van der Waals surface area contributed by atoms with Crippen molar-refractivity contribution in [2.24, 2.45) is 11.8 Å². The number of nitrogens with one attached hydrogen (secondary N) is 6. The summed E-state index contributed by atoms with van der Waals surface area (Å²) in [5.41, 5.74) is 4.45. The fraction of sp³-hybridized carbons (Fsp3) is 0.500. The third-order valence-electron chi connectivity index (χ3n) is 11.5. The second-order valence-corrected chi connectivity index (χ2v) is 19.1. The molecule has 0 spiro atoms. The Morgan fingerprint density at radius 2 is 1.34 bits per heavy atom. The lowest BCUT2D eigenvalue weighted by molar-refractivity contribution is -0.130. The molecule has 0 bridgehead atoms. The van der Waals surface area contributed by atoms with Crippen molar-refractivity contribution in [3.63, 3.8) is 0 Å². The van der Waals surface area contributed by atoms with Crippen molar-refractivity contribution >= 4 is 35.6 Å². The van der Waals surface area contributed by atoms with E-state index in [0.717, 1.165) is 66.3 Å². The van der Waals surface area contributed by atoms with Crippen LogP contribution in [0.4, 0.5) is 15.3 Å². The van der Waals surface area contributed by atoms with Crippen LogP contribution in [0.25, 0.3) is 22.5 Å². The molecule has 6 rings (SSSR count). The van der Waals surface area contributed by atoms with Crippen LogP contribution in [0.5, 0.6) is 0 Å². The largest absolute Gasteiger partial charge is 0.444 e. The Bertz CT molecular complexity index is 2220. The molecule has 1 unspecified atom stereocenters. The summed E-state index contributed by atoms with van der Waals surface area (Å²) in [7, 11) is 0. The van der Waals surface area contributed by atoms with Gasteiger partial charge in [-0.3, -0.25) is 14.4 Å². The van der Waals surface area contributed by atoms with Crippen LogP contribution in [0, 0.1) is 18.8 Å². The second-order valence-electron chi connectivity index (χ2n) is 19.1. The van der Waals surface area contributed by atoms with E-state index >= 15 is 0 Å². The van der Waals surface area contributed by atoms with E-state index in [0.29, 0.717) is 36.5 Å². The summed E-state index contributed by atoms with van der Waals surface area (Å²) < 4.78 is 10.8. The number of carbonyl (C=O) groups excluding carboxylic acids is 5. The fourth-order valence-corrected chi connectivity index (χ4v) is 8.20. The molecule has 6 N–H and O–H groups in total. The number of carbonyl (C=O) groups is 5. The lowest BCUT2D eigenvalue weighted by Gasteiger charge is -2.30. The van der Waals surface area contributed by atoms with Gasteiger partial charge in [0.25, 0.3) is 5.91 Å². The molecule has 2 saturated carbocycles. The molecule has 5 amide bonds. The van der Waals surface area contributed by atoms with Gasteiger partial charge in [0.15, 0.2) is 0 Å². The Morgan fingerprint density at radius 1 is 0.734 bits per heavy atom. The number of aromatic nitrogens is 4. The molecule has 64 heavy (non-hydrogen) atoms. The van der Waals surface area contributed by atoms with E-state index in [1.54, 1.807) is 24.3 Å². The van der Waals surface area contributed by atoms with E-state index in [2.05, 4.69) is 47.2 Å². The van der Waals surface area contributed by atoms with Gasteiger partial charge in [-0.25, -0.2) is 9.59 Å². The first kappa shape index (κ1) is 47.2.